The van der Waals surface area contributed by atoms with Crippen LogP contribution in [0.1, 0.15) is 25.1 Å². The maximum Gasteiger partial charge on any atom is 0.331 e. The van der Waals surface area contributed by atoms with Gasteiger partial charge < -0.3 is 9.84 Å². The third-order valence-electron chi connectivity index (χ3n) is 3.68. The molecule has 0 bridgehead atoms. The van der Waals surface area contributed by atoms with Crippen molar-refractivity contribution in [3.8, 4) is 5.75 Å². The van der Waals surface area contributed by atoms with Gasteiger partial charge in [-0.05, 0) is 47.9 Å². The van der Waals surface area contributed by atoms with Crippen LogP contribution < -0.4 is 4.74 Å². The van der Waals surface area contributed by atoms with Crippen molar-refractivity contribution in [2.45, 2.75) is 31.4 Å². The van der Waals surface area contributed by atoms with E-state index in [1.165, 1.54) is 4.68 Å². The van der Waals surface area contributed by atoms with E-state index in [0.29, 0.717) is 29.4 Å². The molecule has 0 amide bonds. The number of rotatable bonds is 5. The van der Waals surface area contributed by atoms with Gasteiger partial charge in [0.2, 0.25) is 0 Å². The quantitative estimate of drug-likeness (QED) is 0.907. The molecule has 0 spiro atoms. The SMILES string of the molecule is O=C(O)C1(n2nnnc2COc2cccc(Cl)c2)CCC1. The Balaban J connectivity index is 1.79. The Bertz CT molecular complexity index is 669. The number of aliphatic carboxylic acids is 1. The first-order valence-electron chi connectivity index (χ1n) is 6.51. The lowest BCUT2D eigenvalue weighted by atomic mass is 9.77. The van der Waals surface area contributed by atoms with E-state index in [2.05, 4.69) is 15.5 Å². The van der Waals surface area contributed by atoms with E-state index in [4.69, 9.17) is 16.3 Å². The fraction of sp³-hybridized carbons (Fsp3) is 0.385. The summed E-state index contributed by atoms with van der Waals surface area (Å²) < 4.78 is 6.94. The summed E-state index contributed by atoms with van der Waals surface area (Å²) in [6, 6.07) is 6.94. The van der Waals surface area contributed by atoms with Gasteiger partial charge in [0.15, 0.2) is 11.4 Å². The zero-order chi connectivity index (χ0) is 14.9. The van der Waals surface area contributed by atoms with Crippen molar-refractivity contribution >= 4 is 17.6 Å². The number of benzene rings is 1. The van der Waals surface area contributed by atoms with Gasteiger partial charge in [-0.15, -0.1) is 5.10 Å². The Morgan fingerprint density at radius 1 is 1.48 bits per heavy atom. The number of carboxylic acid groups (broad SMARTS) is 1. The number of aromatic nitrogens is 4. The number of tetrazole rings is 1. The van der Waals surface area contributed by atoms with Crippen LogP contribution in [0.15, 0.2) is 24.3 Å². The second kappa shape index (κ2) is 5.33. The highest BCUT2D eigenvalue weighted by Gasteiger charge is 2.49. The molecule has 1 aromatic heterocycles. The summed E-state index contributed by atoms with van der Waals surface area (Å²) in [5, 5.41) is 21.3. The molecule has 3 rings (SSSR count). The van der Waals surface area contributed by atoms with Crippen molar-refractivity contribution in [1.82, 2.24) is 20.2 Å². The van der Waals surface area contributed by atoms with Crippen molar-refractivity contribution in [2.24, 2.45) is 0 Å². The van der Waals surface area contributed by atoms with Crippen LogP contribution in [0, 0.1) is 0 Å². The van der Waals surface area contributed by atoms with Gasteiger partial charge in [-0.25, -0.2) is 9.48 Å². The maximum atomic E-state index is 11.5. The molecule has 7 nitrogen and oxygen atoms in total. The molecule has 0 aliphatic heterocycles. The van der Waals surface area contributed by atoms with Gasteiger partial charge in [0.25, 0.3) is 0 Å². The molecule has 1 fully saturated rings. The summed E-state index contributed by atoms with van der Waals surface area (Å²) in [5.74, 6) is 0.0529. The molecule has 8 heteroatoms. The summed E-state index contributed by atoms with van der Waals surface area (Å²) in [4.78, 5) is 11.5. The Hall–Kier alpha value is -2.15. The van der Waals surface area contributed by atoms with E-state index < -0.39 is 11.5 Å². The van der Waals surface area contributed by atoms with E-state index in [1.54, 1.807) is 24.3 Å². The van der Waals surface area contributed by atoms with Gasteiger partial charge in [-0.2, -0.15) is 0 Å². The summed E-state index contributed by atoms with van der Waals surface area (Å²) in [7, 11) is 0. The predicted octanol–water partition coefficient (Wildman–Crippen LogP) is 1.87. The molecule has 110 valence electrons. The molecular weight excluding hydrogens is 296 g/mol. The largest absolute Gasteiger partial charge is 0.485 e. The van der Waals surface area contributed by atoms with Gasteiger partial charge in [0, 0.05) is 5.02 Å². The van der Waals surface area contributed by atoms with Crippen LogP contribution >= 0.6 is 11.6 Å². The first-order valence-corrected chi connectivity index (χ1v) is 6.89. The second-order valence-electron chi connectivity index (χ2n) is 4.94. The van der Waals surface area contributed by atoms with Crippen LogP contribution in [0.2, 0.25) is 5.02 Å². The van der Waals surface area contributed by atoms with Crippen molar-refractivity contribution in [1.29, 1.82) is 0 Å². The van der Waals surface area contributed by atoms with Crippen LogP contribution in [-0.4, -0.2) is 31.3 Å². The monoisotopic (exact) mass is 308 g/mol. The van der Waals surface area contributed by atoms with Crippen molar-refractivity contribution in [2.75, 3.05) is 0 Å². The van der Waals surface area contributed by atoms with Crippen LogP contribution in [-0.2, 0) is 16.9 Å². The van der Waals surface area contributed by atoms with Crippen LogP contribution in [0.4, 0.5) is 0 Å². The highest BCUT2D eigenvalue weighted by Crippen LogP contribution is 2.39. The molecule has 21 heavy (non-hydrogen) atoms. The minimum atomic E-state index is -1.03. The van der Waals surface area contributed by atoms with Crippen LogP contribution in [0.5, 0.6) is 5.75 Å². The van der Waals surface area contributed by atoms with Gasteiger partial charge >= 0.3 is 5.97 Å². The van der Waals surface area contributed by atoms with Crippen LogP contribution in [0.25, 0.3) is 0 Å². The lowest BCUT2D eigenvalue weighted by Gasteiger charge is -2.37. The lowest BCUT2D eigenvalue weighted by Crippen LogP contribution is -2.49. The Labute approximate surface area is 125 Å². The Kier molecular flexibility index (Phi) is 3.50. The van der Waals surface area contributed by atoms with E-state index in [9.17, 15) is 9.90 Å². The fourth-order valence-corrected chi connectivity index (χ4v) is 2.54. The molecule has 1 aliphatic rings. The normalized spacial score (nSPS) is 16.2. The molecule has 2 aromatic rings. The minimum Gasteiger partial charge on any atom is -0.485 e. The molecule has 1 aliphatic carbocycles. The van der Waals surface area contributed by atoms with Crippen molar-refractivity contribution in [3.05, 3.63) is 35.1 Å². The zero-order valence-electron chi connectivity index (χ0n) is 11.1. The molecular formula is C13H13ClN4O3. The summed E-state index contributed by atoms with van der Waals surface area (Å²) in [6.45, 7) is 0.0857. The Morgan fingerprint density at radius 2 is 2.29 bits per heavy atom. The average molecular weight is 309 g/mol. The number of carbonyl (C=O) groups is 1. The van der Waals surface area contributed by atoms with Gasteiger partial charge in [-0.3, -0.25) is 0 Å². The third kappa shape index (κ3) is 2.44. The van der Waals surface area contributed by atoms with Gasteiger partial charge in [0.05, 0.1) is 0 Å². The number of hydrogen-bond donors (Lipinski definition) is 1. The van der Waals surface area contributed by atoms with Crippen molar-refractivity contribution < 1.29 is 14.6 Å². The summed E-state index contributed by atoms with van der Waals surface area (Å²) in [5.41, 5.74) is -1.03. The zero-order valence-corrected chi connectivity index (χ0v) is 11.8. The first kappa shape index (κ1) is 13.8. The van der Waals surface area contributed by atoms with Crippen molar-refractivity contribution in [3.63, 3.8) is 0 Å². The van der Waals surface area contributed by atoms with E-state index in [-0.39, 0.29) is 6.61 Å². The van der Waals surface area contributed by atoms with E-state index >= 15 is 0 Å². The number of carboxylic acids is 1. The molecule has 0 atom stereocenters. The summed E-state index contributed by atoms with van der Waals surface area (Å²) in [6.07, 6.45) is 1.90. The second-order valence-corrected chi connectivity index (χ2v) is 5.38. The topological polar surface area (TPSA) is 90.1 Å². The molecule has 1 aromatic carbocycles. The number of halogens is 1. The number of nitrogens with zero attached hydrogens (tertiary/aromatic N) is 4. The molecule has 0 unspecified atom stereocenters. The molecule has 1 heterocycles. The molecule has 1 saturated carbocycles. The number of hydrogen-bond acceptors (Lipinski definition) is 5. The maximum absolute atomic E-state index is 11.5. The summed E-state index contributed by atoms with van der Waals surface area (Å²) >= 11 is 5.88. The van der Waals surface area contributed by atoms with Crippen LogP contribution in [0.3, 0.4) is 0 Å². The number of ether oxygens (including phenoxy) is 1. The van der Waals surface area contributed by atoms with E-state index in [0.717, 1.165) is 6.42 Å². The minimum absolute atomic E-state index is 0.0857. The van der Waals surface area contributed by atoms with E-state index in [1.807, 2.05) is 0 Å². The first-order chi connectivity index (χ1) is 10.1. The standard InChI is InChI=1S/C13H13ClN4O3/c14-9-3-1-4-10(7-9)21-8-11-15-16-17-18(11)13(12(19)20)5-2-6-13/h1,3-4,7H,2,5-6,8H2,(H,19,20). The predicted molar refractivity (Wildman–Crippen MR) is 73.1 cm³/mol. The van der Waals surface area contributed by atoms with Gasteiger partial charge in [-0.1, -0.05) is 17.7 Å². The fourth-order valence-electron chi connectivity index (χ4n) is 2.36. The smallest absolute Gasteiger partial charge is 0.331 e. The van der Waals surface area contributed by atoms with Gasteiger partial charge in [0.1, 0.15) is 12.4 Å². The third-order valence-corrected chi connectivity index (χ3v) is 3.92. The average Bonchev–Trinajstić information content (AvgIpc) is 2.83. The molecule has 1 N–H and O–H groups in total. The highest BCUT2D eigenvalue weighted by molar-refractivity contribution is 6.30. The lowest BCUT2D eigenvalue weighted by molar-refractivity contribution is -0.153. The molecule has 0 saturated heterocycles. The Morgan fingerprint density at radius 3 is 2.90 bits per heavy atom. The molecule has 0 radical (unpaired) electrons. The highest BCUT2D eigenvalue weighted by atomic mass is 35.5.